The summed E-state index contributed by atoms with van der Waals surface area (Å²) in [5, 5.41) is 6.38. The molecule has 1 aromatic heterocycles. The van der Waals surface area contributed by atoms with Crippen LogP contribution in [0, 0.1) is 5.92 Å². The second kappa shape index (κ2) is 6.80. The Hall–Kier alpha value is -2.10. The molecular weight excluding hydrogens is 320 g/mol. The van der Waals surface area contributed by atoms with Crippen LogP contribution in [0.5, 0.6) is 5.75 Å². The number of aromatic nitrogens is 1. The summed E-state index contributed by atoms with van der Waals surface area (Å²) in [4.78, 5) is 4.25. The minimum atomic E-state index is -0.0583. The van der Waals surface area contributed by atoms with Crippen LogP contribution < -0.4 is 10.1 Å². The van der Waals surface area contributed by atoms with Crippen LogP contribution in [0.25, 0.3) is 10.8 Å². The topological polar surface area (TPSA) is 34.1 Å². The first-order valence-electron chi connectivity index (χ1n) is 8.27. The number of ether oxygens (including phenoxy) is 1. The maximum Gasteiger partial charge on any atom is 0.129 e. The Balaban J connectivity index is 1.73. The van der Waals surface area contributed by atoms with E-state index in [1.54, 1.807) is 6.20 Å². The van der Waals surface area contributed by atoms with E-state index in [4.69, 9.17) is 16.3 Å². The Labute approximate surface area is 146 Å². The Morgan fingerprint density at radius 2 is 2.00 bits per heavy atom. The van der Waals surface area contributed by atoms with E-state index in [1.807, 2.05) is 36.5 Å². The number of hydrogen-bond donors (Lipinski definition) is 1. The van der Waals surface area contributed by atoms with E-state index in [1.165, 1.54) is 5.39 Å². The van der Waals surface area contributed by atoms with Crippen LogP contribution in [0.3, 0.4) is 0 Å². The summed E-state index contributed by atoms with van der Waals surface area (Å²) >= 11 is 6.16. The number of nitrogens with one attached hydrogen (secondary N) is 1. The molecule has 1 aliphatic rings. The number of benzene rings is 2. The second-order valence-corrected chi connectivity index (χ2v) is 6.64. The zero-order valence-electron chi connectivity index (χ0n) is 13.3. The number of pyridine rings is 1. The highest BCUT2D eigenvalue weighted by Gasteiger charge is 2.29. The lowest BCUT2D eigenvalue weighted by molar-refractivity contribution is 0.146. The van der Waals surface area contributed by atoms with Crippen LogP contribution in [0.2, 0.25) is 5.02 Å². The Morgan fingerprint density at radius 3 is 2.83 bits per heavy atom. The van der Waals surface area contributed by atoms with Crippen LogP contribution >= 0.6 is 11.6 Å². The summed E-state index contributed by atoms with van der Waals surface area (Å²) in [5.41, 5.74) is 1.03. The first-order valence-corrected chi connectivity index (χ1v) is 8.64. The molecule has 0 bridgehead atoms. The minimum absolute atomic E-state index is 0.0583. The minimum Gasteiger partial charge on any atom is -0.485 e. The van der Waals surface area contributed by atoms with Gasteiger partial charge in [-0.25, -0.2) is 0 Å². The number of hydrogen-bond acceptors (Lipinski definition) is 3. The van der Waals surface area contributed by atoms with E-state index >= 15 is 0 Å². The SMILES string of the molecule is Clc1cncc(C(Oc2cccc3ccccc23)[C@H]2CCNC2)c1. The fourth-order valence-corrected chi connectivity index (χ4v) is 3.57. The van der Waals surface area contributed by atoms with Crippen molar-refractivity contribution in [1.82, 2.24) is 10.3 Å². The van der Waals surface area contributed by atoms with Crippen molar-refractivity contribution in [2.75, 3.05) is 13.1 Å². The monoisotopic (exact) mass is 338 g/mol. The number of rotatable bonds is 4. The molecule has 0 spiro atoms. The summed E-state index contributed by atoms with van der Waals surface area (Å²) in [5.74, 6) is 1.31. The molecule has 3 nitrogen and oxygen atoms in total. The largest absolute Gasteiger partial charge is 0.485 e. The van der Waals surface area contributed by atoms with Gasteiger partial charge in [-0.3, -0.25) is 4.98 Å². The van der Waals surface area contributed by atoms with Gasteiger partial charge in [0.25, 0.3) is 0 Å². The quantitative estimate of drug-likeness (QED) is 0.753. The molecule has 1 fully saturated rings. The van der Waals surface area contributed by atoms with Crippen molar-refractivity contribution in [2.24, 2.45) is 5.92 Å². The summed E-state index contributed by atoms with van der Waals surface area (Å²) < 4.78 is 6.51. The van der Waals surface area contributed by atoms with Crippen LogP contribution in [-0.4, -0.2) is 18.1 Å². The Morgan fingerprint density at radius 1 is 1.12 bits per heavy atom. The van der Waals surface area contributed by atoms with Crippen molar-refractivity contribution in [3.63, 3.8) is 0 Å². The van der Waals surface area contributed by atoms with E-state index in [-0.39, 0.29) is 6.10 Å². The van der Waals surface area contributed by atoms with E-state index in [0.717, 1.165) is 36.2 Å². The standard InChI is InChI=1S/C20H19ClN2O/c21-17-10-16(12-23-13-17)20(15-8-9-22-11-15)24-19-7-3-5-14-4-1-2-6-18(14)19/h1-7,10,12-13,15,20,22H,8-9,11H2/t15-,20?/m0/s1. The van der Waals surface area contributed by atoms with Crippen molar-refractivity contribution in [2.45, 2.75) is 12.5 Å². The highest BCUT2D eigenvalue weighted by molar-refractivity contribution is 6.30. The molecule has 2 heterocycles. The first kappa shape index (κ1) is 15.4. The Kier molecular flexibility index (Phi) is 4.37. The van der Waals surface area contributed by atoms with Crippen LogP contribution in [0.15, 0.2) is 60.9 Å². The van der Waals surface area contributed by atoms with E-state index in [2.05, 4.69) is 28.5 Å². The van der Waals surface area contributed by atoms with Gasteiger partial charge in [-0.2, -0.15) is 0 Å². The molecule has 2 aromatic carbocycles. The lowest BCUT2D eigenvalue weighted by atomic mass is 9.95. The molecule has 1 aliphatic heterocycles. The number of nitrogens with zero attached hydrogens (tertiary/aromatic N) is 1. The van der Waals surface area contributed by atoms with Gasteiger partial charge in [0.1, 0.15) is 11.9 Å². The van der Waals surface area contributed by atoms with Crippen molar-refractivity contribution >= 4 is 22.4 Å². The van der Waals surface area contributed by atoms with Gasteiger partial charge in [0.05, 0.1) is 5.02 Å². The molecule has 1 N–H and O–H groups in total. The molecule has 0 radical (unpaired) electrons. The highest BCUT2D eigenvalue weighted by Crippen LogP contribution is 2.35. The molecule has 4 heteroatoms. The van der Waals surface area contributed by atoms with Gasteiger partial charge < -0.3 is 10.1 Å². The van der Waals surface area contributed by atoms with Gasteiger partial charge in [0, 0.05) is 35.8 Å². The molecule has 24 heavy (non-hydrogen) atoms. The number of fused-ring (bicyclic) bond motifs is 1. The molecule has 0 amide bonds. The van der Waals surface area contributed by atoms with E-state index in [9.17, 15) is 0 Å². The molecule has 4 rings (SSSR count). The molecule has 3 aromatic rings. The molecule has 122 valence electrons. The normalized spacial score (nSPS) is 18.6. The lowest BCUT2D eigenvalue weighted by Gasteiger charge is -2.25. The fraction of sp³-hybridized carbons (Fsp3) is 0.250. The third kappa shape index (κ3) is 3.10. The van der Waals surface area contributed by atoms with Gasteiger partial charge in [-0.1, -0.05) is 48.0 Å². The van der Waals surface area contributed by atoms with Crippen LogP contribution in [0.1, 0.15) is 18.1 Å². The number of halogens is 1. The molecular formula is C20H19ClN2O. The summed E-state index contributed by atoms with van der Waals surface area (Å²) in [7, 11) is 0. The summed E-state index contributed by atoms with van der Waals surface area (Å²) in [6.07, 6.45) is 4.55. The van der Waals surface area contributed by atoms with Crippen LogP contribution in [0.4, 0.5) is 0 Å². The maximum absolute atomic E-state index is 6.51. The third-order valence-electron chi connectivity index (χ3n) is 4.58. The van der Waals surface area contributed by atoms with Crippen molar-refractivity contribution in [3.05, 3.63) is 71.5 Å². The average molecular weight is 339 g/mol. The molecule has 1 unspecified atom stereocenters. The van der Waals surface area contributed by atoms with Crippen LogP contribution in [-0.2, 0) is 0 Å². The average Bonchev–Trinajstić information content (AvgIpc) is 3.14. The summed E-state index contributed by atoms with van der Waals surface area (Å²) in [6.45, 7) is 1.97. The third-order valence-corrected chi connectivity index (χ3v) is 4.79. The second-order valence-electron chi connectivity index (χ2n) is 6.21. The highest BCUT2D eigenvalue weighted by atomic mass is 35.5. The Bertz CT molecular complexity index is 840. The van der Waals surface area contributed by atoms with Gasteiger partial charge in [0.2, 0.25) is 0 Å². The van der Waals surface area contributed by atoms with Gasteiger partial charge in [-0.05, 0) is 30.5 Å². The van der Waals surface area contributed by atoms with Gasteiger partial charge in [0.15, 0.2) is 0 Å². The van der Waals surface area contributed by atoms with Crippen molar-refractivity contribution in [1.29, 1.82) is 0 Å². The predicted octanol–water partition coefficient (Wildman–Crippen LogP) is 4.62. The van der Waals surface area contributed by atoms with E-state index < -0.39 is 0 Å². The van der Waals surface area contributed by atoms with Gasteiger partial charge >= 0.3 is 0 Å². The molecule has 0 aliphatic carbocycles. The van der Waals surface area contributed by atoms with Gasteiger partial charge in [-0.15, -0.1) is 0 Å². The molecule has 2 atom stereocenters. The predicted molar refractivity (Wildman–Crippen MR) is 97.5 cm³/mol. The first-order chi connectivity index (χ1) is 11.8. The zero-order valence-corrected chi connectivity index (χ0v) is 14.0. The molecule has 1 saturated heterocycles. The van der Waals surface area contributed by atoms with Crippen molar-refractivity contribution in [3.8, 4) is 5.75 Å². The van der Waals surface area contributed by atoms with Crippen molar-refractivity contribution < 1.29 is 4.74 Å². The van der Waals surface area contributed by atoms with E-state index in [0.29, 0.717) is 10.9 Å². The maximum atomic E-state index is 6.51. The zero-order chi connectivity index (χ0) is 16.4. The molecule has 0 saturated carbocycles. The smallest absolute Gasteiger partial charge is 0.129 e. The lowest BCUT2D eigenvalue weighted by Crippen LogP contribution is -2.21. The summed E-state index contributed by atoms with van der Waals surface area (Å²) in [6, 6.07) is 16.4. The fourth-order valence-electron chi connectivity index (χ4n) is 3.39.